The van der Waals surface area contributed by atoms with E-state index in [-0.39, 0.29) is 17.3 Å². The van der Waals surface area contributed by atoms with E-state index < -0.39 is 0 Å². The van der Waals surface area contributed by atoms with Gasteiger partial charge in [-0.1, -0.05) is 30.3 Å². The fourth-order valence-corrected chi connectivity index (χ4v) is 2.25. The fraction of sp³-hybridized carbons (Fsp3) is 0. The molecule has 3 nitrogen and oxygen atoms in total. The first kappa shape index (κ1) is 11.4. The third kappa shape index (κ3) is 1.85. The summed E-state index contributed by atoms with van der Waals surface area (Å²) in [7, 11) is 0. The third-order valence-corrected chi connectivity index (χ3v) is 3.14. The third-order valence-electron chi connectivity index (χ3n) is 3.14. The molecule has 0 unspecified atom stereocenters. The van der Waals surface area contributed by atoms with Crippen LogP contribution in [-0.2, 0) is 9.59 Å². The van der Waals surface area contributed by atoms with Crippen molar-refractivity contribution in [2.75, 3.05) is 0 Å². The molecule has 19 heavy (non-hydrogen) atoms. The number of aromatic hydroxyl groups is 1. The van der Waals surface area contributed by atoms with Crippen molar-refractivity contribution in [2.45, 2.75) is 0 Å². The highest BCUT2D eigenvalue weighted by Crippen LogP contribution is 2.31. The van der Waals surface area contributed by atoms with Crippen LogP contribution < -0.4 is 0 Å². The monoisotopic (exact) mass is 250 g/mol. The van der Waals surface area contributed by atoms with E-state index in [4.69, 9.17) is 0 Å². The van der Waals surface area contributed by atoms with Gasteiger partial charge in [0.25, 0.3) is 0 Å². The highest BCUT2D eigenvalue weighted by Gasteiger charge is 2.17. The number of ketones is 2. The predicted molar refractivity (Wildman–Crippen MR) is 72.7 cm³/mol. The molecule has 2 aromatic carbocycles. The second kappa shape index (κ2) is 4.21. The SMILES string of the molecule is O=C1C=CC(=O)C(c2cccc3c(O)cccc23)=C1. The molecule has 0 amide bonds. The molecule has 3 heteroatoms. The van der Waals surface area contributed by atoms with Crippen molar-refractivity contribution in [1.82, 2.24) is 0 Å². The fourth-order valence-electron chi connectivity index (χ4n) is 2.25. The number of phenols is 1. The van der Waals surface area contributed by atoms with Crippen molar-refractivity contribution in [3.8, 4) is 5.75 Å². The molecule has 0 saturated carbocycles. The van der Waals surface area contributed by atoms with Gasteiger partial charge in [0.15, 0.2) is 11.6 Å². The molecular formula is C16H10O3. The lowest BCUT2D eigenvalue weighted by molar-refractivity contribution is -0.113. The number of phenolic OH excluding ortho intramolecular Hbond substituents is 1. The Kier molecular flexibility index (Phi) is 2.53. The number of carbonyl (C=O) groups excluding carboxylic acids is 2. The lowest BCUT2D eigenvalue weighted by Gasteiger charge is -2.11. The lowest BCUT2D eigenvalue weighted by Crippen LogP contribution is -2.06. The van der Waals surface area contributed by atoms with Crippen LogP contribution in [0.25, 0.3) is 16.3 Å². The zero-order valence-electron chi connectivity index (χ0n) is 9.96. The molecule has 2 aromatic rings. The zero-order valence-corrected chi connectivity index (χ0v) is 9.96. The van der Waals surface area contributed by atoms with E-state index in [1.165, 1.54) is 18.2 Å². The Hall–Kier alpha value is -2.68. The summed E-state index contributed by atoms with van der Waals surface area (Å²) in [4.78, 5) is 23.3. The van der Waals surface area contributed by atoms with Crippen LogP contribution in [0.5, 0.6) is 5.75 Å². The second-order valence-corrected chi connectivity index (χ2v) is 4.34. The Labute approximate surface area is 109 Å². The first-order valence-corrected chi connectivity index (χ1v) is 5.86. The van der Waals surface area contributed by atoms with E-state index in [0.29, 0.717) is 16.5 Å². The summed E-state index contributed by atoms with van der Waals surface area (Å²) in [5.41, 5.74) is 1.03. The van der Waals surface area contributed by atoms with Gasteiger partial charge in [0.1, 0.15) is 5.75 Å². The van der Waals surface area contributed by atoms with E-state index in [1.807, 2.05) is 6.07 Å². The molecule has 0 aromatic heterocycles. The molecule has 0 heterocycles. The van der Waals surface area contributed by atoms with Crippen molar-refractivity contribution in [3.05, 3.63) is 60.2 Å². The molecule has 0 saturated heterocycles. The number of hydrogen-bond donors (Lipinski definition) is 1. The van der Waals surface area contributed by atoms with E-state index in [1.54, 1.807) is 30.3 Å². The summed E-state index contributed by atoms with van der Waals surface area (Å²) in [5, 5.41) is 11.2. The maximum Gasteiger partial charge on any atom is 0.186 e. The molecule has 0 radical (unpaired) electrons. The summed E-state index contributed by atoms with van der Waals surface area (Å²) in [6.45, 7) is 0. The normalized spacial score (nSPS) is 14.8. The molecule has 3 rings (SSSR count). The summed E-state index contributed by atoms with van der Waals surface area (Å²) < 4.78 is 0. The van der Waals surface area contributed by atoms with Gasteiger partial charge >= 0.3 is 0 Å². The first-order valence-electron chi connectivity index (χ1n) is 5.86. The highest BCUT2D eigenvalue weighted by molar-refractivity contribution is 6.35. The van der Waals surface area contributed by atoms with E-state index >= 15 is 0 Å². The standard InChI is InChI=1S/C16H10O3/c17-10-7-8-16(19)14(9-10)12-3-1-5-13-11(12)4-2-6-15(13)18/h1-9,18H. The van der Waals surface area contributed by atoms with Crippen LogP contribution in [0, 0.1) is 0 Å². The lowest BCUT2D eigenvalue weighted by atomic mass is 9.92. The number of benzene rings is 2. The van der Waals surface area contributed by atoms with Gasteiger partial charge in [-0.05, 0) is 35.2 Å². The molecule has 92 valence electrons. The van der Waals surface area contributed by atoms with E-state index in [2.05, 4.69) is 0 Å². The molecule has 0 aliphatic heterocycles. The van der Waals surface area contributed by atoms with Gasteiger partial charge in [-0.3, -0.25) is 9.59 Å². The van der Waals surface area contributed by atoms with Crippen LogP contribution in [0.4, 0.5) is 0 Å². The van der Waals surface area contributed by atoms with Crippen LogP contribution in [-0.4, -0.2) is 16.7 Å². The molecule has 0 fully saturated rings. The summed E-state index contributed by atoms with van der Waals surface area (Å²) >= 11 is 0. The Balaban J connectivity index is 2.30. The van der Waals surface area contributed by atoms with E-state index in [9.17, 15) is 14.7 Å². The van der Waals surface area contributed by atoms with Crippen LogP contribution in [0.15, 0.2) is 54.6 Å². The van der Waals surface area contributed by atoms with Crippen molar-refractivity contribution in [1.29, 1.82) is 0 Å². The number of fused-ring (bicyclic) bond motifs is 1. The first-order chi connectivity index (χ1) is 9.16. The van der Waals surface area contributed by atoms with Crippen molar-refractivity contribution < 1.29 is 14.7 Å². The predicted octanol–water partition coefficient (Wildman–Crippen LogP) is 2.64. The van der Waals surface area contributed by atoms with Gasteiger partial charge < -0.3 is 5.11 Å². The molecule has 1 N–H and O–H groups in total. The van der Waals surface area contributed by atoms with Crippen LogP contribution in [0.1, 0.15) is 5.56 Å². The van der Waals surface area contributed by atoms with Gasteiger partial charge in [-0.15, -0.1) is 0 Å². The van der Waals surface area contributed by atoms with Gasteiger partial charge in [0.2, 0.25) is 0 Å². The average Bonchev–Trinajstić information content (AvgIpc) is 2.42. The number of hydrogen-bond acceptors (Lipinski definition) is 3. The van der Waals surface area contributed by atoms with Crippen molar-refractivity contribution >= 4 is 27.9 Å². The summed E-state index contributed by atoms with van der Waals surface area (Å²) in [5.74, 6) is -0.243. The molecule has 1 aliphatic carbocycles. The van der Waals surface area contributed by atoms with Gasteiger partial charge in [0, 0.05) is 11.0 Å². The highest BCUT2D eigenvalue weighted by atomic mass is 16.3. The van der Waals surface area contributed by atoms with Crippen molar-refractivity contribution in [2.24, 2.45) is 0 Å². The molecule has 0 bridgehead atoms. The van der Waals surface area contributed by atoms with Crippen LogP contribution in [0.2, 0.25) is 0 Å². The maximum atomic E-state index is 11.9. The zero-order chi connectivity index (χ0) is 13.4. The maximum absolute atomic E-state index is 11.9. The quantitative estimate of drug-likeness (QED) is 0.791. The number of carbonyl (C=O) groups is 2. The Morgan fingerprint density at radius 3 is 2.42 bits per heavy atom. The molecular weight excluding hydrogens is 240 g/mol. The Morgan fingerprint density at radius 1 is 0.842 bits per heavy atom. The topological polar surface area (TPSA) is 54.4 Å². The largest absolute Gasteiger partial charge is 0.507 e. The van der Waals surface area contributed by atoms with E-state index in [0.717, 1.165) is 5.39 Å². The van der Waals surface area contributed by atoms with Crippen molar-refractivity contribution in [3.63, 3.8) is 0 Å². The number of rotatable bonds is 1. The minimum Gasteiger partial charge on any atom is -0.507 e. The van der Waals surface area contributed by atoms with Gasteiger partial charge in [0.05, 0.1) is 0 Å². The van der Waals surface area contributed by atoms with Gasteiger partial charge in [-0.25, -0.2) is 0 Å². The summed E-state index contributed by atoms with van der Waals surface area (Å²) in [6.07, 6.45) is 3.87. The minimum absolute atomic E-state index is 0.157. The Bertz CT molecular complexity index is 767. The second-order valence-electron chi connectivity index (χ2n) is 4.34. The molecule has 1 aliphatic rings. The van der Waals surface area contributed by atoms with Crippen LogP contribution >= 0.6 is 0 Å². The smallest absolute Gasteiger partial charge is 0.186 e. The Morgan fingerprint density at radius 2 is 1.58 bits per heavy atom. The molecule has 0 spiro atoms. The van der Waals surface area contributed by atoms with Crippen LogP contribution in [0.3, 0.4) is 0 Å². The number of allylic oxidation sites excluding steroid dienone is 4. The average molecular weight is 250 g/mol. The summed E-state index contributed by atoms with van der Waals surface area (Å²) in [6, 6.07) is 10.4. The van der Waals surface area contributed by atoms with Gasteiger partial charge in [-0.2, -0.15) is 0 Å². The molecule has 0 atom stereocenters. The minimum atomic E-state index is -0.202.